The first-order valence-corrected chi connectivity index (χ1v) is 15.0. The van der Waals surface area contributed by atoms with E-state index in [-0.39, 0.29) is 5.69 Å². The lowest BCUT2D eigenvalue weighted by atomic mass is 9.86. The summed E-state index contributed by atoms with van der Waals surface area (Å²) in [7, 11) is 0. The Labute approximate surface area is 234 Å². The quantitative estimate of drug-likeness (QED) is 0.438. The number of nitrogens with one attached hydrogen (secondary N) is 2. The Morgan fingerprint density at radius 3 is 2.50 bits per heavy atom. The number of hydrogen-bond acceptors (Lipinski definition) is 7. The van der Waals surface area contributed by atoms with Crippen molar-refractivity contribution in [1.29, 1.82) is 5.26 Å². The predicted molar refractivity (Wildman–Crippen MR) is 155 cm³/mol. The molecule has 9 nitrogen and oxygen atoms in total. The molecule has 2 aliphatic carbocycles. The van der Waals surface area contributed by atoms with Gasteiger partial charge in [0.25, 0.3) is 0 Å². The van der Waals surface area contributed by atoms with Crippen LogP contribution in [0.4, 0.5) is 5.82 Å². The van der Waals surface area contributed by atoms with Gasteiger partial charge in [-0.3, -0.25) is 19.8 Å². The molecule has 7 rings (SSSR count). The zero-order valence-electron chi connectivity index (χ0n) is 23.3. The zero-order valence-corrected chi connectivity index (χ0v) is 23.3. The lowest BCUT2D eigenvalue weighted by molar-refractivity contribution is 0.0610. The average molecular weight is 539 g/mol. The minimum atomic E-state index is -0.247. The normalized spacial score (nSPS) is 24.4. The van der Waals surface area contributed by atoms with Crippen molar-refractivity contribution in [3.05, 3.63) is 63.2 Å². The molecule has 1 unspecified atom stereocenters. The first-order valence-electron chi connectivity index (χ1n) is 15.0. The van der Waals surface area contributed by atoms with Crippen molar-refractivity contribution < 1.29 is 0 Å². The van der Waals surface area contributed by atoms with E-state index in [9.17, 15) is 10.1 Å². The molecule has 4 heterocycles. The molecule has 208 valence electrons. The number of nitrogens with zero attached hydrogens (tertiary/aromatic N) is 6. The molecule has 2 saturated heterocycles. The predicted octanol–water partition coefficient (Wildman–Crippen LogP) is 4.00. The molecule has 9 heteroatoms. The molecular formula is C31H38N8O. The van der Waals surface area contributed by atoms with Crippen LogP contribution in [0.15, 0.2) is 35.1 Å². The second kappa shape index (κ2) is 10.5. The number of piperazine rings is 1. The summed E-state index contributed by atoms with van der Waals surface area (Å²) >= 11 is 0. The van der Waals surface area contributed by atoms with Crippen LogP contribution in [-0.2, 0) is 6.54 Å². The van der Waals surface area contributed by atoms with Gasteiger partial charge in [-0.1, -0.05) is 31.2 Å². The Hall–Kier alpha value is -3.48. The summed E-state index contributed by atoms with van der Waals surface area (Å²) in [5.41, 5.74) is 5.18. The van der Waals surface area contributed by atoms with E-state index in [2.05, 4.69) is 68.0 Å². The van der Waals surface area contributed by atoms with Gasteiger partial charge in [0.2, 0.25) is 0 Å². The lowest BCUT2D eigenvalue weighted by Gasteiger charge is -2.48. The molecule has 2 atom stereocenters. The highest BCUT2D eigenvalue weighted by Crippen LogP contribution is 2.43. The van der Waals surface area contributed by atoms with Crippen LogP contribution in [0.1, 0.15) is 79.7 Å². The molecule has 2 N–H and O–H groups in total. The topological polar surface area (TPSA) is 108 Å². The van der Waals surface area contributed by atoms with E-state index in [1.807, 2.05) is 0 Å². The fourth-order valence-corrected chi connectivity index (χ4v) is 6.87. The van der Waals surface area contributed by atoms with Crippen LogP contribution in [-0.4, -0.2) is 74.5 Å². The van der Waals surface area contributed by atoms with Crippen molar-refractivity contribution in [2.45, 2.75) is 75.9 Å². The Morgan fingerprint density at radius 1 is 1.05 bits per heavy atom. The maximum atomic E-state index is 11.9. The number of benzene rings is 1. The second-order valence-corrected chi connectivity index (χ2v) is 12.0. The highest BCUT2D eigenvalue weighted by atomic mass is 16.1. The van der Waals surface area contributed by atoms with Gasteiger partial charge in [-0.05, 0) is 68.8 Å². The van der Waals surface area contributed by atoms with Gasteiger partial charge in [-0.25, -0.2) is 14.8 Å². The Morgan fingerprint density at radius 2 is 1.82 bits per heavy atom. The summed E-state index contributed by atoms with van der Waals surface area (Å²) < 4.78 is 0. The van der Waals surface area contributed by atoms with E-state index in [0.29, 0.717) is 35.2 Å². The number of fused-ring (bicyclic) bond motifs is 1. The number of aromatic nitrogens is 4. The number of anilines is 1. The van der Waals surface area contributed by atoms with Gasteiger partial charge in [0.05, 0.1) is 17.3 Å². The van der Waals surface area contributed by atoms with Gasteiger partial charge in [0.1, 0.15) is 0 Å². The summed E-state index contributed by atoms with van der Waals surface area (Å²) in [6.45, 7) is 8.17. The second-order valence-electron chi connectivity index (χ2n) is 12.0. The number of imidazole rings is 1. The molecule has 0 radical (unpaired) electrons. The number of aromatic amines is 2. The monoisotopic (exact) mass is 538 g/mol. The van der Waals surface area contributed by atoms with Crippen LogP contribution < -0.4 is 10.6 Å². The van der Waals surface area contributed by atoms with E-state index < -0.39 is 0 Å². The average Bonchev–Trinajstić information content (AvgIpc) is 3.73. The highest BCUT2D eigenvalue weighted by molar-refractivity contribution is 5.69. The molecule has 1 saturated carbocycles. The number of rotatable bonds is 7. The first kappa shape index (κ1) is 25.5. The third-order valence-corrected chi connectivity index (χ3v) is 9.49. The summed E-state index contributed by atoms with van der Waals surface area (Å²) in [6.07, 6.45) is 11.2. The van der Waals surface area contributed by atoms with E-state index in [4.69, 9.17) is 9.97 Å². The minimum absolute atomic E-state index is 0.247. The summed E-state index contributed by atoms with van der Waals surface area (Å²) in [5, 5.41) is 9.80. The highest BCUT2D eigenvalue weighted by Gasteiger charge is 2.37. The number of allylic oxidation sites excluding steroid dienone is 2. The van der Waals surface area contributed by atoms with Crippen molar-refractivity contribution in [2.24, 2.45) is 0 Å². The van der Waals surface area contributed by atoms with E-state index in [1.165, 1.54) is 5.56 Å². The number of hydrogen-bond donors (Lipinski definition) is 2. The van der Waals surface area contributed by atoms with E-state index >= 15 is 0 Å². The van der Waals surface area contributed by atoms with Crippen LogP contribution in [0.25, 0.3) is 11.3 Å². The number of likely N-dealkylation sites (tertiary alicyclic amines) is 1. The molecule has 2 aliphatic heterocycles. The smallest absolute Gasteiger partial charge is 0.326 e. The van der Waals surface area contributed by atoms with Crippen LogP contribution in [0.2, 0.25) is 0 Å². The van der Waals surface area contributed by atoms with Crippen molar-refractivity contribution in [3.8, 4) is 6.07 Å². The molecule has 0 amide bonds. The molecule has 4 aliphatic rings. The fraction of sp³-hybridized carbons (Fsp3) is 0.548. The van der Waals surface area contributed by atoms with E-state index in [1.54, 1.807) is 0 Å². The molecule has 1 aromatic carbocycles. The van der Waals surface area contributed by atoms with Crippen LogP contribution in [0.5, 0.6) is 0 Å². The van der Waals surface area contributed by atoms with Gasteiger partial charge in [0, 0.05) is 50.1 Å². The van der Waals surface area contributed by atoms with E-state index in [0.717, 1.165) is 100 Å². The number of H-pyrrole nitrogens is 2. The molecule has 2 aromatic heterocycles. The fourth-order valence-electron chi connectivity index (χ4n) is 6.87. The molecule has 0 bridgehead atoms. The van der Waals surface area contributed by atoms with Gasteiger partial charge in [-0.15, -0.1) is 0 Å². The van der Waals surface area contributed by atoms with Crippen molar-refractivity contribution in [2.75, 3.05) is 37.6 Å². The molecule has 3 aromatic rings. The van der Waals surface area contributed by atoms with Gasteiger partial charge < -0.3 is 4.90 Å². The Kier molecular flexibility index (Phi) is 6.68. The molecule has 0 spiro atoms. The van der Waals surface area contributed by atoms with Crippen LogP contribution in [0, 0.1) is 11.3 Å². The van der Waals surface area contributed by atoms with Crippen molar-refractivity contribution >= 4 is 17.1 Å². The van der Waals surface area contributed by atoms with Crippen molar-refractivity contribution in [3.63, 3.8) is 0 Å². The Bertz CT molecular complexity index is 1520. The third-order valence-electron chi connectivity index (χ3n) is 9.49. The maximum Gasteiger partial charge on any atom is 0.326 e. The largest absolute Gasteiger partial charge is 0.352 e. The Balaban J connectivity index is 0.998. The SMILES string of the molecule is CC[C@H]1CN(c2nc3[nH]c(=O)[nH]c3nc2C2CC2)CCN1C1CCN(Cc2ccc(C3C=CC3)cc2C#N)CC1. The van der Waals surface area contributed by atoms with Gasteiger partial charge >= 0.3 is 5.69 Å². The van der Waals surface area contributed by atoms with Crippen molar-refractivity contribution in [1.82, 2.24) is 29.7 Å². The summed E-state index contributed by atoms with van der Waals surface area (Å²) in [4.78, 5) is 34.9. The minimum Gasteiger partial charge on any atom is -0.352 e. The summed E-state index contributed by atoms with van der Waals surface area (Å²) in [6, 6.07) is 10.0. The zero-order chi connectivity index (χ0) is 27.2. The van der Waals surface area contributed by atoms with Gasteiger partial charge in [-0.2, -0.15) is 5.26 Å². The van der Waals surface area contributed by atoms with Crippen LogP contribution in [0.3, 0.4) is 0 Å². The first-order chi connectivity index (χ1) is 19.6. The number of nitriles is 1. The van der Waals surface area contributed by atoms with Crippen LogP contribution >= 0.6 is 0 Å². The lowest BCUT2D eigenvalue weighted by Crippen LogP contribution is -2.58. The maximum absolute atomic E-state index is 11.9. The third kappa shape index (κ3) is 4.84. The number of piperidine rings is 1. The molecule has 3 fully saturated rings. The molecular weight excluding hydrogens is 500 g/mol. The standard InChI is InChI=1S/C31H38N8O/c1-2-25-19-38(30-27(21-6-7-21)33-28-29(34-30)36-31(40)35-28)14-15-39(25)26-10-12-37(13-11-26)18-23-9-8-22(16-24(23)17-32)20-4-3-5-20/h3-4,8-9,16,20-21,25-26H,2,5-7,10-15,18-19H2,1H3,(H2,33,34,35,36,40)/t20?,25-/m0/s1. The molecule has 40 heavy (non-hydrogen) atoms. The summed E-state index contributed by atoms with van der Waals surface area (Å²) in [5.74, 6) is 1.91. The van der Waals surface area contributed by atoms with Gasteiger partial charge in [0.15, 0.2) is 17.1 Å².